The Morgan fingerprint density at radius 1 is 0.684 bits per heavy atom. The molecule has 3 aromatic rings. The summed E-state index contributed by atoms with van der Waals surface area (Å²) in [5.41, 5.74) is 0. The van der Waals surface area contributed by atoms with Gasteiger partial charge < -0.3 is 10.2 Å². The smallest absolute Gasteiger partial charge is 0.124 e. The summed E-state index contributed by atoms with van der Waals surface area (Å²) < 4.78 is 0. The summed E-state index contributed by atoms with van der Waals surface area (Å²) in [6.07, 6.45) is 0. The molecule has 0 aliphatic heterocycles. The highest BCUT2D eigenvalue weighted by molar-refractivity contribution is 7.99. The summed E-state index contributed by atoms with van der Waals surface area (Å²) in [6.45, 7) is 0. The van der Waals surface area contributed by atoms with Gasteiger partial charge in [0, 0.05) is 20.6 Å². The van der Waals surface area contributed by atoms with Crippen molar-refractivity contribution >= 4 is 22.5 Å². The molecule has 0 unspecified atom stereocenters. The first-order valence-corrected chi connectivity index (χ1v) is 6.74. The lowest BCUT2D eigenvalue weighted by Gasteiger charge is -2.09. The van der Waals surface area contributed by atoms with Crippen molar-refractivity contribution in [3.8, 4) is 11.5 Å². The second kappa shape index (κ2) is 4.86. The van der Waals surface area contributed by atoms with Gasteiger partial charge in [-0.05, 0) is 30.3 Å². The van der Waals surface area contributed by atoms with Crippen LogP contribution in [0.15, 0.2) is 70.5 Å². The van der Waals surface area contributed by atoms with E-state index in [0.29, 0.717) is 10.8 Å². The molecule has 3 aromatic carbocycles. The van der Waals surface area contributed by atoms with Crippen LogP contribution in [-0.2, 0) is 0 Å². The molecule has 3 heteroatoms. The Hall–Kier alpha value is -2.13. The first kappa shape index (κ1) is 11.9. The summed E-state index contributed by atoms with van der Waals surface area (Å²) in [5, 5.41) is 21.3. The van der Waals surface area contributed by atoms with E-state index in [0.717, 1.165) is 9.79 Å². The van der Waals surface area contributed by atoms with E-state index >= 15 is 0 Å². The summed E-state index contributed by atoms with van der Waals surface area (Å²) >= 11 is 1.57. The lowest BCUT2D eigenvalue weighted by Crippen LogP contribution is -1.80. The quantitative estimate of drug-likeness (QED) is 0.677. The van der Waals surface area contributed by atoms with Crippen LogP contribution in [0.5, 0.6) is 11.5 Å². The van der Waals surface area contributed by atoms with Crippen LogP contribution in [-0.4, -0.2) is 10.2 Å². The molecule has 3 rings (SSSR count). The molecule has 0 aliphatic carbocycles. The highest BCUT2D eigenvalue weighted by Crippen LogP contribution is 2.40. The maximum Gasteiger partial charge on any atom is 0.124 e. The maximum atomic E-state index is 10.0. The van der Waals surface area contributed by atoms with Gasteiger partial charge >= 0.3 is 0 Å². The number of phenolic OH excluding ortho intramolecular Hbond substituents is 2. The van der Waals surface area contributed by atoms with Crippen molar-refractivity contribution in [2.75, 3.05) is 0 Å². The Labute approximate surface area is 115 Å². The highest BCUT2D eigenvalue weighted by atomic mass is 32.2. The number of rotatable bonds is 2. The van der Waals surface area contributed by atoms with Crippen LogP contribution < -0.4 is 0 Å². The van der Waals surface area contributed by atoms with Crippen molar-refractivity contribution in [2.45, 2.75) is 9.79 Å². The minimum Gasteiger partial charge on any atom is -0.507 e. The van der Waals surface area contributed by atoms with Crippen LogP contribution in [0, 0.1) is 0 Å². The number of hydrogen-bond acceptors (Lipinski definition) is 3. The van der Waals surface area contributed by atoms with E-state index < -0.39 is 0 Å². The van der Waals surface area contributed by atoms with Crippen molar-refractivity contribution in [1.82, 2.24) is 0 Å². The molecule has 0 spiro atoms. The van der Waals surface area contributed by atoms with E-state index in [1.165, 1.54) is 12.1 Å². The second-order valence-electron chi connectivity index (χ2n) is 4.20. The molecule has 0 saturated heterocycles. The number of aromatic hydroxyl groups is 2. The van der Waals surface area contributed by atoms with Gasteiger partial charge in [-0.1, -0.05) is 42.1 Å². The molecule has 0 aromatic heterocycles. The van der Waals surface area contributed by atoms with Crippen LogP contribution >= 0.6 is 11.8 Å². The van der Waals surface area contributed by atoms with Crippen LogP contribution in [0.1, 0.15) is 0 Å². The first-order valence-electron chi connectivity index (χ1n) is 5.92. The molecule has 0 saturated carbocycles. The minimum absolute atomic E-state index is 0.184. The van der Waals surface area contributed by atoms with Crippen LogP contribution in [0.2, 0.25) is 0 Å². The van der Waals surface area contributed by atoms with Crippen molar-refractivity contribution in [2.24, 2.45) is 0 Å². The third-order valence-corrected chi connectivity index (χ3v) is 4.00. The molecule has 94 valence electrons. The number of phenols is 2. The van der Waals surface area contributed by atoms with E-state index in [4.69, 9.17) is 0 Å². The normalized spacial score (nSPS) is 10.7. The van der Waals surface area contributed by atoms with Gasteiger partial charge in [-0.25, -0.2) is 0 Å². The molecule has 0 radical (unpaired) electrons. The third-order valence-electron chi connectivity index (χ3n) is 2.93. The standard InChI is InChI=1S/C16H12O2S/c17-13-9-10-14(18)16-12(13)7-4-8-15(16)19-11-5-2-1-3-6-11/h1-10,17-18H. The lowest BCUT2D eigenvalue weighted by atomic mass is 10.1. The Kier molecular flexibility index (Phi) is 3.05. The zero-order chi connectivity index (χ0) is 13.2. The summed E-state index contributed by atoms with van der Waals surface area (Å²) in [4.78, 5) is 2.02. The third kappa shape index (κ3) is 2.25. The molecular formula is C16H12O2S. The largest absolute Gasteiger partial charge is 0.507 e. The van der Waals surface area contributed by atoms with E-state index in [1.807, 2.05) is 42.5 Å². The molecule has 0 amide bonds. The number of hydrogen-bond donors (Lipinski definition) is 2. The lowest BCUT2D eigenvalue weighted by molar-refractivity contribution is 0.469. The Morgan fingerprint density at radius 2 is 1.42 bits per heavy atom. The molecule has 0 aliphatic rings. The fraction of sp³-hybridized carbons (Fsp3) is 0. The highest BCUT2D eigenvalue weighted by Gasteiger charge is 2.10. The predicted molar refractivity (Wildman–Crippen MR) is 77.8 cm³/mol. The van der Waals surface area contributed by atoms with Gasteiger partial charge in [0.1, 0.15) is 11.5 Å². The van der Waals surface area contributed by atoms with Gasteiger partial charge in [0.2, 0.25) is 0 Å². The van der Waals surface area contributed by atoms with Gasteiger partial charge in [-0.15, -0.1) is 0 Å². The number of fused-ring (bicyclic) bond motifs is 1. The van der Waals surface area contributed by atoms with Crippen molar-refractivity contribution in [3.05, 3.63) is 60.7 Å². The zero-order valence-corrected chi connectivity index (χ0v) is 10.9. The number of benzene rings is 3. The molecular weight excluding hydrogens is 256 g/mol. The first-order chi connectivity index (χ1) is 9.25. The molecule has 19 heavy (non-hydrogen) atoms. The van der Waals surface area contributed by atoms with Crippen molar-refractivity contribution in [3.63, 3.8) is 0 Å². The minimum atomic E-state index is 0.184. The SMILES string of the molecule is Oc1ccc(O)c2c(Sc3ccccc3)cccc12. The molecule has 0 atom stereocenters. The zero-order valence-electron chi connectivity index (χ0n) is 10.1. The van der Waals surface area contributed by atoms with Crippen LogP contribution in [0.3, 0.4) is 0 Å². The molecule has 0 bridgehead atoms. The van der Waals surface area contributed by atoms with Gasteiger partial charge in [-0.2, -0.15) is 0 Å². The average molecular weight is 268 g/mol. The van der Waals surface area contributed by atoms with Crippen molar-refractivity contribution < 1.29 is 10.2 Å². The summed E-state index contributed by atoms with van der Waals surface area (Å²) in [6, 6.07) is 18.6. The molecule has 2 nitrogen and oxygen atoms in total. The fourth-order valence-electron chi connectivity index (χ4n) is 2.04. The van der Waals surface area contributed by atoms with E-state index in [1.54, 1.807) is 17.8 Å². The average Bonchev–Trinajstić information content (AvgIpc) is 2.44. The molecule has 0 fully saturated rings. The van der Waals surface area contributed by atoms with Crippen LogP contribution in [0.4, 0.5) is 0 Å². The molecule has 2 N–H and O–H groups in total. The fourth-order valence-corrected chi connectivity index (χ4v) is 3.05. The summed E-state index contributed by atoms with van der Waals surface area (Å²) in [5.74, 6) is 0.371. The summed E-state index contributed by atoms with van der Waals surface area (Å²) in [7, 11) is 0. The van der Waals surface area contributed by atoms with Gasteiger partial charge in [0.05, 0.1) is 0 Å². The Bertz CT molecular complexity index is 723. The van der Waals surface area contributed by atoms with E-state index in [9.17, 15) is 10.2 Å². The van der Waals surface area contributed by atoms with Crippen molar-refractivity contribution in [1.29, 1.82) is 0 Å². The van der Waals surface area contributed by atoms with Gasteiger partial charge in [0.25, 0.3) is 0 Å². The molecule has 0 heterocycles. The van der Waals surface area contributed by atoms with Gasteiger partial charge in [-0.3, -0.25) is 0 Å². The van der Waals surface area contributed by atoms with E-state index in [2.05, 4.69) is 0 Å². The van der Waals surface area contributed by atoms with E-state index in [-0.39, 0.29) is 11.5 Å². The second-order valence-corrected chi connectivity index (χ2v) is 5.31. The Morgan fingerprint density at radius 3 is 2.21 bits per heavy atom. The maximum absolute atomic E-state index is 10.0. The predicted octanol–water partition coefficient (Wildman–Crippen LogP) is 4.40. The Balaban J connectivity index is 2.17. The van der Waals surface area contributed by atoms with Gasteiger partial charge in [0.15, 0.2) is 0 Å². The monoisotopic (exact) mass is 268 g/mol. The topological polar surface area (TPSA) is 40.5 Å². The van der Waals surface area contributed by atoms with Crippen LogP contribution in [0.25, 0.3) is 10.8 Å².